The Kier molecular flexibility index (Phi) is 4.07. The fourth-order valence-corrected chi connectivity index (χ4v) is 0.454. The Morgan fingerprint density at radius 2 is 1.56 bits per heavy atom. The van der Waals surface area contributed by atoms with Gasteiger partial charge in [-0.05, 0) is 0 Å². The topological polar surface area (TPSA) is 38.7 Å². The van der Waals surface area contributed by atoms with E-state index in [-0.39, 0.29) is 32.7 Å². The number of aromatic nitrogens is 3. The van der Waals surface area contributed by atoms with Crippen LogP contribution in [0, 0.1) is 20.2 Å². The monoisotopic (exact) mass is 197 g/mol. The summed E-state index contributed by atoms with van der Waals surface area (Å²) in [6.07, 6.45) is 2.47. The predicted molar refractivity (Wildman–Crippen MR) is 28.1 cm³/mol. The van der Waals surface area contributed by atoms with Crippen molar-refractivity contribution in [1.82, 2.24) is 15.0 Å². The van der Waals surface area contributed by atoms with E-state index >= 15 is 0 Å². The van der Waals surface area contributed by atoms with Crippen LogP contribution in [-0.2, 0) is 32.7 Å². The number of hydrogen-bond donors (Lipinski definition) is 0. The third kappa shape index (κ3) is 2.97. The average Bonchev–Trinajstić information content (AvgIpc) is 1.64. The average molecular weight is 197 g/mol. The Hall–Kier alpha value is 0.114. The fourth-order valence-electron chi connectivity index (χ4n) is 0.454. The van der Waals surface area contributed by atoms with Crippen LogP contribution in [0.4, 0.5) is 0 Å². The largest absolute Gasteiger partial charge is 3.00 e. The van der Waals surface area contributed by atoms with Gasteiger partial charge >= 0.3 is 32.7 Å². The van der Waals surface area contributed by atoms with Gasteiger partial charge < -0.3 is 15.0 Å². The molecule has 0 aliphatic rings. The van der Waals surface area contributed by atoms with Crippen molar-refractivity contribution in [1.29, 1.82) is 0 Å². The van der Waals surface area contributed by atoms with E-state index in [1.54, 1.807) is 0 Å². The molecule has 0 spiro atoms. The zero-order valence-corrected chi connectivity index (χ0v) is 8.26. The first-order valence-electron chi connectivity index (χ1n) is 2.34. The van der Waals surface area contributed by atoms with Crippen molar-refractivity contribution in [3.8, 4) is 0 Å². The van der Waals surface area contributed by atoms with Crippen LogP contribution in [0.2, 0.25) is 0 Å². The molecule has 0 aromatic carbocycles. The van der Waals surface area contributed by atoms with E-state index in [0.717, 1.165) is 11.6 Å². The van der Waals surface area contributed by atoms with E-state index in [4.69, 9.17) is 0 Å². The number of hydrogen-bond acceptors (Lipinski definition) is 3. The maximum absolute atomic E-state index is 3.92. The minimum atomic E-state index is 0. The van der Waals surface area contributed by atoms with E-state index in [9.17, 15) is 0 Å². The Morgan fingerprint density at radius 1 is 1.11 bits per heavy atom. The van der Waals surface area contributed by atoms with Crippen LogP contribution >= 0.6 is 0 Å². The van der Waals surface area contributed by atoms with Crippen LogP contribution in [0.25, 0.3) is 0 Å². The molecule has 0 atom stereocenters. The Balaban J connectivity index is 0.000000640. The van der Waals surface area contributed by atoms with Crippen LogP contribution < -0.4 is 0 Å². The third-order valence-electron chi connectivity index (χ3n) is 0.747. The van der Waals surface area contributed by atoms with Crippen LogP contribution in [0.3, 0.4) is 0 Å². The Labute approximate surface area is 79.2 Å². The predicted octanol–water partition coefficient (Wildman–Crippen LogP) is 0.286. The minimum Gasteiger partial charge on any atom is -0.353 e. The van der Waals surface area contributed by atoms with Crippen LogP contribution in [0.15, 0.2) is 0 Å². The van der Waals surface area contributed by atoms with Gasteiger partial charge in [-0.3, -0.25) is 0 Å². The molecule has 0 saturated carbocycles. The first kappa shape index (κ1) is 9.11. The molecule has 0 N–H and O–H groups in total. The van der Waals surface area contributed by atoms with Crippen molar-refractivity contribution >= 4 is 0 Å². The summed E-state index contributed by atoms with van der Waals surface area (Å²) in [4.78, 5) is 11.3. The van der Waals surface area contributed by atoms with Crippen LogP contribution in [0.5, 0.6) is 0 Å². The van der Waals surface area contributed by atoms with Gasteiger partial charge in [0.2, 0.25) is 0 Å². The maximum atomic E-state index is 3.92. The van der Waals surface area contributed by atoms with E-state index in [0.29, 0.717) is 0 Å². The summed E-state index contributed by atoms with van der Waals surface area (Å²) < 4.78 is 0. The van der Waals surface area contributed by atoms with Crippen molar-refractivity contribution in [3.63, 3.8) is 0 Å². The van der Waals surface area contributed by atoms with Gasteiger partial charge in [-0.2, -0.15) is 0 Å². The molecule has 0 bridgehead atoms. The molecule has 1 heterocycles. The number of nitrogens with zero attached hydrogens (tertiary/aromatic N) is 3. The standard InChI is InChI=1S/C5H6N3.Y/c1-4-6-3-7-5(2)8-4;/h1-2H3;/q-1;+3. The molecule has 0 aliphatic heterocycles. The molecule has 1 aromatic heterocycles. The van der Waals surface area contributed by atoms with Crippen molar-refractivity contribution in [2.75, 3.05) is 0 Å². The third-order valence-corrected chi connectivity index (χ3v) is 0.747. The summed E-state index contributed by atoms with van der Waals surface area (Å²) in [7, 11) is 0. The van der Waals surface area contributed by atoms with Gasteiger partial charge in [0.05, 0.1) is 0 Å². The fraction of sp³-hybridized carbons (Fsp3) is 0.400. The normalized spacial score (nSPS) is 8.22. The summed E-state index contributed by atoms with van der Waals surface area (Å²) in [5.74, 6) is 1.44. The summed E-state index contributed by atoms with van der Waals surface area (Å²) >= 11 is 0. The van der Waals surface area contributed by atoms with Crippen molar-refractivity contribution in [2.45, 2.75) is 13.8 Å². The maximum Gasteiger partial charge on any atom is 3.00 e. The molecular formula is C5H6N3Y+2. The van der Waals surface area contributed by atoms with Crippen molar-refractivity contribution in [3.05, 3.63) is 18.0 Å². The molecule has 3 nitrogen and oxygen atoms in total. The zero-order valence-electron chi connectivity index (χ0n) is 5.42. The van der Waals surface area contributed by atoms with E-state index in [1.807, 2.05) is 13.8 Å². The molecule has 1 aromatic rings. The summed E-state index contributed by atoms with van der Waals surface area (Å²) in [5, 5.41) is 0. The molecule has 9 heavy (non-hydrogen) atoms. The first-order valence-corrected chi connectivity index (χ1v) is 2.34. The molecule has 0 radical (unpaired) electrons. The van der Waals surface area contributed by atoms with Gasteiger partial charge in [0, 0.05) is 18.0 Å². The summed E-state index contributed by atoms with van der Waals surface area (Å²) in [6.45, 7) is 3.62. The van der Waals surface area contributed by atoms with Gasteiger partial charge in [-0.25, -0.2) is 0 Å². The van der Waals surface area contributed by atoms with Gasteiger partial charge in [-0.15, -0.1) is 0 Å². The molecular weight excluding hydrogens is 191 g/mol. The molecule has 0 unspecified atom stereocenters. The van der Waals surface area contributed by atoms with Gasteiger partial charge in [0.25, 0.3) is 0 Å². The summed E-state index contributed by atoms with van der Waals surface area (Å²) in [5.41, 5.74) is 0. The molecule has 1 rings (SSSR count). The number of rotatable bonds is 0. The Bertz CT molecular complexity index is 172. The van der Waals surface area contributed by atoms with Crippen LogP contribution in [-0.4, -0.2) is 15.0 Å². The smallest absolute Gasteiger partial charge is 0.353 e. The second-order valence-electron chi connectivity index (χ2n) is 1.53. The van der Waals surface area contributed by atoms with Gasteiger partial charge in [-0.1, -0.05) is 13.8 Å². The van der Waals surface area contributed by atoms with Gasteiger partial charge in [0.1, 0.15) is 0 Å². The van der Waals surface area contributed by atoms with Gasteiger partial charge in [0.15, 0.2) is 0 Å². The number of aryl methyl sites for hydroxylation is 2. The molecule has 0 aliphatic carbocycles. The summed E-state index contributed by atoms with van der Waals surface area (Å²) in [6, 6.07) is 0. The SMILES string of the molecule is Cc1n[c-]nc(C)n1.[Y+3]. The van der Waals surface area contributed by atoms with E-state index in [2.05, 4.69) is 21.3 Å². The minimum absolute atomic E-state index is 0. The second kappa shape index (κ2) is 4.01. The molecule has 42 valence electrons. The molecule has 0 amide bonds. The molecule has 0 fully saturated rings. The van der Waals surface area contributed by atoms with E-state index < -0.39 is 0 Å². The molecule has 4 heteroatoms. The molecule has 0 saturated heterocycles. The van der Waals surface area contributed by atoms with Crippen LogP contribution in [0.1, 0.15) is 11.6 Å². The van der Waals surface area contributed by atoms with E-state index in [1.165, 1.54) is 0 Å². The van der Waals surface area contributed by atoms with Crippen molar-refractivity contribution < 1.29 is 32.7 Å². The zero-order chi connectivity index (χ0) is 5.98. The second-order valence-corrected chi connectivity index (χ2v) is 1.53. The Morgan fingerprint density at radius 3 is 1.78 bits per heavy atom. The quantitative estimate of drug-likeness (QED) is 0.561. The van der Waals surface area contributed by atoms with Crippen molar-refractivity contribution in [2.24, 2.45) is 0 Å². The first-order chi connectivity index (χ1) is 3.79.